The molecule has 1 rings (SSSR count). The second-order valence-corrected chi connectivity index (χ2v) is 3.54. The van der Waals surface area contributed by atoms with Crippen LogP contribution in [0.2, 0.25) is 0 Å². The van der Waals surface area contributed by atoms with Gasteiger partial charge < -0.3 is 9.47 Å². The van der Waals surface area contributed by atoms with Crippen LogP contribution in [-0.4, -0.2) is 19.4 Å². The summed E-state index contributed by atoms with van der Waals surface area (Å²) < 4.78 is 43.9. The molecule has 0 spiro atoms. The van der Waals surface area contributed by atoms with Gasteiger partial charge in [-0.25, -0.2) is 4.79 Å². The zero-order chi connectivity index (χ0) is 12.3. The number of ether oxygens (including phenoxy) is 2. The molecule has 0 fully saturated rings. The average Bonchev–Trinajstić information content (AvgIpc) is 2.14. The third-order valence-electron chi connectivity index (χ3n) is 1.58. The first-order chi connectivity index (χ1) is 7.33. The van der Waals surface area contributed by atoms with Crippen LogP contribution in [0.3, 0.4) is 0 Å². The molecule has 0 radical (unpaired) electrons. The second-order valence-electron chi connectivity index (χ2n) is 2.68. The van der Waals surface area contributed by atoms with E-state index in [1.54, 1.807) is 0 Å². The van der Waals surface area contributed by atoms with Crippen molar-refractivity contribution in [1.82, 2.24) is 0 Å². The largest absolute Gasteiger partial charge is 0.573 e. The highest BCUT2D eigenvalue weighted by Gasteiger charge is 2.31. The van der Waals surface area contributed by atoms with Crippen LogP contribution in [0.25, 0.3) is 0 Å². The van der Waals surface area contributed by atoms with Crippen LogP contribution in [0.15, 0.2) is 22.7 Å². The summed E-state index contributed by atoms with van der Waals surface area (Å²) in [5.41, 5.74) is 0.122. The van der Waals surface area contributed by atoms with E-state index in [1.807, 2.05) is 0 Å². The van der Waals surface area contributed by atoms with Gasteiger partial charge >= 0.3 is 12.3 Å². The first-order valence-corrected chi connectivity index (χ1v) is 4.76. The Bertz CT molecular complexity index is 403. The Labute approximate surface area is 97.3 Å². The molecule has 0 amide bonds. The van der Waals surface area contributed by atoms with Crippen molar-refractivity contribution in [1.29, 1.82) is 0 Å². The molecule has 3 nitrogen and oxygen atoms in total. The highest BCUT2D eigenvalue weighted by atomic mass is 79.9. The Hall–Kier alpha value is -1.24. The molecule has 1 aromatic rings. The van der Waals surface area contributed by atoms with Gasteiger partial charge in [0.1, 0.15) is 5.75 Å². The number of halogens is 4. The number of methoxy groups -OCH3 is 1. The van der Waals surface area contributed by atoms with Crippen LogP contribution in [-0.2, 0) is 4.74 Å². The van der Waals surface area contributed by atoms with Crippen molar-refractivity contribution in [3.8, 4) is 5.75 Å². The van der Waals surface area contributed by atoms with Crippen LogP contribution in [0, 0.1) is 0 Å². The molecule has 0 atom stereocenters. The average molecular weight is 299 g/mol. The third kappa shape index (κ3) is 3.41. The molecule has 0 aliphatic heterocycles. The van der Waals surface area contributed by atoms with Gasteiger partial charge in [0.25, 0.3) is 0 Å². The summed E-state index contributed by atoms with van der Waals surface area (Å²) in [5, 5.41) is 0. The second kappa shape index (κ2) is 4.73. The van der Waals surface area contributed by atoms with Crippen LogP contribution in [0.5, 0.6) is 5.75 Å². The van der Waals surface area contributed by atoms with Gasteiger partial charge in [0.15, 0.2) is 0 Å². The number of carbonyl (C=O) groups is 1. The minimum atomic E-state index is -4.76. The lowest BCUT2D eigenvalue weighted by Gasteiger charge is -2.10. The molecule has 0 aliphatic rings. The van der Waals surface area contributed by atoms with Gasteiger partial charge in [-0.15, -0.1) is 13.2 Å². The smallest absolute Gasteiger partial charge is 0.465 e. The van der Waals surface area contributed by atoms with Crippen molar-refractivity contribution < 1.29 is 27.4 Å². The van der Waals surface area contributed by atoms with Crippen molar-refractivity contribution in [3.63, 3.8) is 0 Å². The number of hydrogen-bond acceptors (Lipinski definition) is 3. The van der Waals surface area contributed by atoms with Gasteiger partial charge in [-0.3, -0.25) is 0 Å². The third-order valence-corrected chi connectivity index (χ3v) is 2.24. The quantitative estimate of drug-likeness (QED) is 0.787. The number of hydrogen-bond donors (Lipinski definition) is 0. The number of alkyl halides is 3. The summed E-state index contributed by atoms with van der Waals surface area (Å²) in [5.74, 6) is -1.06. The van der Waals surface area contributed by atoms with Crippen LogP contribution < -0.4 is 4.74 Å². The van der Waals surface area contributed by atoms with E-state index in [0.717, 1.165) is 12.1 Å². The maximum Gasteiger partial charge on any atom is 0.573 e. The Balaban J connectivity index is 2.96. The maximum atomic E-state index is 11.9. The molecule has 0 aromatic heterocycles. The van der Waals surface area contributed by atoms with E-state index >= 15 is 0 Å². The van der Waals surface area contributed by atoms with Gasteiger partial charge in [-0.1, -0.05) is 0 Å². The van der Waals surface area contributed by atoms with Crippen LogP contribution in [0.1, 0.15) is 10.4 Å². The molecule has 7 heteroatoms. The number of rotatable bonds is 2. The molecule has 0 heterocycles. The van der Waals surface area contributed by atoms with E-state index in [4.69, 9.17) is 0 Å². The first-order valence-electron chi connectivity index (χ1n) is 3.97. The van der Waals surface area contributed by atoms with E-state index in [-0.39, 0.29) is 10.0 Å². The zero-order valence-corrected chi connectivity index (χ0v) is 9.55. The fraction of sp³-hybridized carbons (Fsp3) is 0.222. The highest BCUT2D eigenvalue weighted by Crippen LogP contribution is 2.28. The minimum Gasteiger partial charge on any atom is -0.465 e. The standard InChI is InChI=1S/C9H6BrF3O3/c1-15-8(14)6-3-2-5(4-7(6)10)16-9(11,12)13/h2-4H,1H3. The first kappa shape index (κ1) is 12.8. The monoisotopic (exact) mass is 298 g/mol. The SMILES string of the molecule is COC(=O)c1ccc(OC(F)(F)F)cc1Br. The van der Waals surface area contributed by atoms with E-state index < -0.39 is 18.1 Å². The lowest BCUT2D eigenvalue weighted by molar-refractivity contribution is -0.274. The van der Waals surface area contributed by atoms with E-state index in [9.17, 15) is 18.0 Å². The summed E-state index contributed by atoms with van der Waals surface area (Å²) in [6.45, 7) is 0. The minimum absolute atomic E-state index is 0.122. The Morgan fingerprint density at radius 2 is 2.00 bits per heavy atom. The number of esters is 1. The Morgan fingerprint density at radius 1 is 1.38 bits per heavy atom. The molecule has 88 valence electrons. The van der Waals surface area contributed by atoms with Gasteiger partial charge in [-0.2, -0.15) is 0 Å². The molecule has 0 unspecified atom stereocenters. The van der Waals surface area contributed by atoms with Gasteiger partial charge in [0.2, 0.25) is 0 Å². The Kier molecular flexibility index (Phi) is 3.79. The summed E-state index contributed by atoms with van der Waals surface area (Å²) >= 11 is 2.95. The molecule has 0 N–H and O–H groups in total. The van der Waals surface area contributed by atoms with Crippen molar-refractivity contribution >= 4 is 21.9 Å². The van der Waals surface area contributed by atoms with E-state index in [1.165, 1.54) is 13.2 Å². The predicted molar refractivity (Wildman–Crippen MR) is 52.2 cm³/mol. The molecule has 0 bridgehead atoms. The molecule has 1 aromatic carbocycles. The topological polar surface area (TPSA) is 35.5 Å². The van der Waals surface area contributed by atoms with Gasteiger partial charge in [0, 0.05) is 4.47 Å². The van der Waals surface area contributed by atoms with Crippen molar-refractivity contribution in [3.05, 3.63) is 28.2 Å². The molecular weight excluding hydrogens is 293 g/mol. The predicted octanol–water partition coefficient (Wildman–Crippen LogP) is 3.13. The van der Waals surface area contributed by atoms with Crippen LogP contribution in [0.4, 0.5) is 13.2 Å². The zero-order valence-electron chi connectivity index (χ0n) is 7.97. The summed E-state index contributed by atoms with van der Waals surface area (Å²) in [4.78, 5) is 11.1. The summed E-state index contributed by atoms with van der Waals surface area (Å²) in [6, 6.07) is 3.25. The van der Waals surface area contributed by atoms with Crippen molar-refractivity contribution in [2.45, 2.75) is 6.36 Å². The number of benzene rings is 1. The van der Waals surface area contributed by atoms with E-state index in [0.29, 0.717) is 0 Å². The van der Waals surface area contributed by atoms with Gasteiger partial charge in [-0.05, 0) is 34.1 Å². The number of carbonyl (C=O) groups excluding carboxylic acids is 1. The molecular formula is C9H6BrF3O3. The Morgan fingerprint density at radius 3 is 2.44 bits per heavy atom. The highest BCUT2D eigenvalue weighted by molar-refractivity contribution is 9.10. The summed E-state index contributed by atoms with van der Waals surface area (Å²) in [6.07, 6.45) is -4.76. The van der Waals surface area contributed by atoms with Crippen molar-refractivity contribution in [2.75, 3.05) is 7.11 Å². The molecule has 16 heavy (non-hydrogen) atoms. The molecule has 0 aliphatic carbocycles. The maximum absolute atomic E-state index is 11.9. The normalized spacial score (nSPS) is 11.1. The molecule has 0 saturated heterocycles. The van der Waals surface area contributed by atoms with Crippen LogP contribution >= 0.6 is 15.9 Å². The lowest BCUT2D eigenvalue weighted by Crippen LogP contribution is -2.17. The fourth-order valence-electron chi connectivity index (χ4n) is 0.968. The lowest BCUT2D eigenvalue weighted by atomic mass is 10.2. The van der Waals surface area contributed by atoms with E-state index in [2.05, 4.69) is 25.4 Å². The fourth-order valence-corrected chi connectivity index (χ4v) is 1.49. The molecule has 0 saturated carbocycles. The van der Waals surface area contributed by atoms with Crippen molar-refractivity contribution in [2.24, 2.45) is 0 Å². The van der Waals surface area contributed by atoms with Gasteiger partial charge in [0.05, 0.1) is 12.7 Å². The summed E-state index contributed by atoms with van der Waals surface area (Å²) in [7, 11) is 1.18.